The lowest BCUT2D eigenvalue weighted by Crippen LogP contribution is -2.51. The third-order valence-corrected chi connectivity index (χ3v) is 6.30. The topological polar surface area (TPSA) is 96.0 Å². The Labute approximate surface area is 200 Å². The van der Waals surface area contributed by atoms with Crippen LogP contribution in [0.15, 0.2) is 48.5 Å². The average molecular weight is 494 g/mol. The van der Waals surface area contributed by atoms with Crippen LogP contribution >= 0.6 is 0 Å². The Bertz CT molecular complexity index is 1070. The van der Waals surface area contributed by atoms with E-state index in [2.05, 4.69) is 5.32 Å². The van der Waals surface area contributed by atoms with Crippen molar-refractivity contribution in [3.8, 4) is 5.75 Å². The molecule has 0 aliphatic heterocycles. The maximum Gasteiger partial charge on any atom is 0.244 e. The first-order valence-corrected chi connectivity index (χ1v) is 12.7. The van der Waals surface area contributed by atoms with Gasteiger partial charge in [-0.15, -0.1) is 0 Å². The van der Waals surface area contributed by atoms with Gasteiger partial charge in [0.05, 0.1) is 19.1 Å². The summed E-state index contributed by atoms with van der Waals surface area (Å²) in [6, 6.07) is 11.0. The zero-order valence-corrected chi connectivity index (χ0v) is 20.9. The van der Waals surface area contributed by atoms with Gasteiger partial charge >= 0.3 is 0 Å². The maximum atomic E-state index is 13.4. The summed E-state index contributed by atoms with van der Waals surface area (Å²) in [5.41, 5.74) is 0.893. The van der Waals surface area contributed by atoms with Crippen LogP contribution in [-0.2, 0) is 26.2 Å². The number of halogens is 1. The van der Waals surface area contributed by atoms with E-state index in [-0.39, 0.29) is 24.1 Å². The van der Waals surface area contributed by atoms with Gasteiger partial charge < -0.3 is 15.0 Å². The fourth-order valence-electron chi connectivity index (χ4n) is 3.18. The summed E-state index contributed by atoms with van der Waals surface area (Å²) >= 11 is 0. The van der Waals surface area contributed by atoms with E-state index in [0.717, 1.165) is 28.3 Å². The van der Waals surface area contributed by atoms with E-state index in [1.54, 1.807) is 38.3 Å². The van der Waals surface area contributed by atoms with Crippen LogP contribution in [0.5, 0.6) is 5.75 Å². The first-order chi connectivity index (χ1) is 15.9. The highest BCUT2D eigenvalue weighted by Crippen LogP contribution is 2.20. The fraction of sp³-hybridized carbons (Fsp3) is 0.417. The zero-order valence-electron chi connectivity index (χ0n) is 20.1. The van der Waals surface area contributed by atoms with Gasteiger partial charge in [-0.2, -0.15) is 0 Å². The van der Waals surface area contributed by atoms with Crippen molar-refractivity contribution < 1.29 is 27.1 Å². The van der Waals surface area contributed by atoms with Gasteiger partial charge in [-0.25, -0.2) is 12.8 Å². The first-order valence-electron chi connectivity index (χ1n) is 10.9. The molecule has 0 unspecified atom stereocenters. The van der Waals surface area contributed by atoms with Crippen LogP contribution in [0.4, 0.5) is 10.1 Å². The Morgan fingerprint density at radius 2 is 1.62 bits per heavy atom. The minimum absolute atomic E-state index is 0.0834. The van der Waals surface area contributed by atoms with Gasteiger partial charge in [0.1, 0.15) is 24.2 Å². The van der Waals surface area contributed by atoms with Crippen LogP contribution in [0, 0.1) is 11.7 Å². The molecule has 2 amide bonds. The van der Waals surface area contributed by atoms with Crippen LogP contribution in [-0.4, -0.2) is 57.6 Å². The molecular formula is C24H32FN3O5S. The molecule has 0 aliphatic carbocycles. The van der Waals surface area contributed by atoms with Gasteiger partial charge in [-0.3, -0.25) is 13.9 Å². The van der Waals surface area contributed by atoms with Gasteiger partial charge in [0, 0.05) is 13.1 Å². The number of amides is 2. The van der Waals surface area contributed by atoms with Gasteiger partial charge in [0.15, 0.2) is 0 Å². The number of hydrogen-bond donors (Lipinski definition) is 1. The molecule has 0 saturated carbocycles. The van der Waals surface area contributed by atoms with E-state index in [4.69, 9.17) is 4.74 Å². The molecule has 0 heterocycles. The minimum atomic E-state index is -3.86. The highest BCUT2D eigenvalue weighted by Gasteiger charge is 2.30. The third-order valence-electron chi connectivity index (χ3n) is 5.16. The number of nitrogens with zero attached hydrogens (tertiary/aromatic N) is 2. The predicted molar refractivity (Wildman–Crippen MR) is 129 cm³/mol. The fourth-order valence-corrected chi connectivity index (χ4v) is 4.03. The summed E-state index contributed by atoms with van der Waals surface area (Å²) in [5.74, 6) is -0.578. The SMILES string of the molecule is COc1ccc(CN(C(=O)CN(c2ccc(F)cc2)S(C)(=O)=O)[C@H](C)C(=O)NCC(C)C)cc1. The van der Waals surface area contributed by atoms with Crippen molar-refractivity contribution in [3.63, 3.8) is 0 Å². The molecule has 0 bridgehead atoms. The second-order valence-electron chi connectivity index (χ2n) is 8.43. The predicted octanol–water partition coefficient (Wildman–Crippen LogP) is 2.79. The van der Waals surface area contributed by atoms with Crippen molar-refractivity contribution in [3.05, 3.63) is 59.9 Å². The molecule has 0 spiro atoms. The number of hydrogen-bond acceptors (Lipinski definition) is 5. The standard InChI is InChI=1S/C24H32FN3O5S/c1-17(2)14-26-24(30)18(3)27(15-19-6-12-22(33-4)13-7-19)23(29)16-28(34(5,31)32)21-10-8-20(25)9-11-21/h6-13,17-18H,14-16H2,1-5H3,(H,26,30)/t18-/m1/s1. The molecular weight excluding hydrogens is 461 g/mol. The number of sulfonamides is 1. The summed E-state index contributed by atoms with van der Waals surface area (Å²) < 4.78 is 44.3. The molecule has 0 fully saturated rings. The Morgan fingerprint density at radius 1 is 1.03 bits per heavy atom. The number of nitrogens with one attached hydrogen (secondary N) is 1. The van der Waals surface area contributed by atoms with Crippen LogP contribution in [0.3, 0.4) is 0 Å². The summed E-state index contributed by atoms with van der Waals surface area (Å²) in [4.78, 5) is 27.5. The number of ether oxygens (including phenoxy) is 1. The molecule has 0 aromatic heterocycles. The van der Waals surface area contributed by atoms with E-state index in [1.165, 1.54) is 17.0 Å². The molecule has 1 atom stereocenters. The number of benzene rings is 2. The van der Waals surface area contributed by atoms with Gasteiger partial charge in [0.2, 0.25) is 21.8 Å². The van der Waals surface area contributed by atoms with E-state index < -0.39 is 34.3 Å². The lowest BCUT2D eigenvalue weighted by molar-refractivity contribution is -0.139. The number of anilines is 1. The number of carbonyl (C=O) groups excluding carboxylic acids is 2. The first kappa shape index (κ1) is 27.1. The summed E-state index contributed by atoms with van der Waals surface area (Å²) in [6.07, 6.45) is 0.968. The lowest BCUT2D eigenvalue weighted by Gasteiger charge is -2.31. The summed E-state index contributed by atoms with van der Waals surface area (Å²) in [6.45, 7) is 5.50. The van der Waals surface area contributed by atoms with Crippen molar-refractivity contribution in [1.29, 1.82) is 0 Å². The molecule has 8 nitrogen and oxygen atoms in total. The monoisotopic (exact) mass is 493 g/mol. The van der Waals surface area contributed by atoms with Crippen molar-refractivity contribution >= 4 is 27.5 Å². The Balaban J connectivity index is 2.34. The number of carbonyl (C=O) groups is 2. The molecule has 186 valence electrons. The van der Waals surface area contributed by atoms with E-state index >= 15 is 0 Å². The van der Waals surface area contributed by atoms with Gasteiger partial charge in [0.25, 0.3) is 0 Å². The molecule has 10 heteroatoms. The van der Waals surface area contributed by atoms with Crippen molar-refractivity contribution in [2.24, 2.45) is 5.92 Å². The second kappa shape index (κ2) is 11.8. The Hall–Kier alpha value is -3.14. The maximum absolute atomic E-state index is 13.4. The van der Waals surface area contributed by atoms with E-state index in [0.29, 0.717) is 12.3 Å². The molecule has 0 aliphatic rings. The smallest absolute Gasteiger partial charge is 0.244 e. The molecule has 0 saturated heterocycles. The summed E-state index contributed by atoms with van der Waals surface area (Å²) in [7, 11) is -2.32. The van der Waals surface area contributed by atoms with Crippen LogP contribution < -0.4 is 14.4 Å². The zero-order chi connectivity index (χ0) is 25.5. The molecule has 2 aromatic carbocycles. The van der Waals surface area contributed by atoms with Crippen molar-refractivity contribution in [2.75, 3.05) is 30.8 Å². The minimum Gasteiger partial charge on any atom is -0.497 e. The molecule has 2 aromatic rings. The highest BCUT2D eigenvalue weighted by atomic mass is 32.2. The van der Waals surface area contributed by atoms with Gasteiger partial charge in [-0.05, 0) is 54.8 Å². The molecule has 1 N–H and O–H groups in total. The third kappa shape index (κ3) is 7.72. The van der Waals surface area contributed by atoms with Crippen molar-refractivity contribution in [2.45, 2.75) is 33.4 Å². The van der Waals surface area contributed by atoms with Crippen molar-refractivity contribution in [1.82, 2.24) is 10.2 Å². The average Bonchev–Trinajstić information content (AvgIpc) is 2.79. The Morgan fingerprint density at radius 3 is 2.12 bits per heavy atom. The van der Waals surface area contributed by atoms with Crippen LogP contribution in [0.1, 0.15) is 26.3 Å². The largest absolute Gasteiger partial charge is 0.497 e. The number of rotatable bonds is 11. The highest BCUT2D eigenvalue weighted by molar-refractivity contribution is 7.92. The van der Waals surface area contributed by atoms with Crippen LogP contribution in [0.25, 0.3) is 0 Å². The normalized spacial score (nSPS) is 12.2. The second-order valence-corrected chi connectivity index (χ2v) is 10.3. The molecule has 34 heavy (non-hydrogen) atoms. The quantitative estimate of drug-likeness (QED) is 0.519. The van der Waals surface area contributed by atoms with E-state index in [1.807, 2.05) is 13.8 Å². The van der Waals surface area contributed by atoms with Gasteiger partial charge in [-0.1, -0.05) is 26.0 Å². The lowest BCUT2D eigenvalue weighted by atomic mass is 10.1. The van der Waals surface area contributed by atoms with E-state index in [9.17, 15) is 22.4 Å². The number of methoxy groups -OCH3 is 1. The van der Waals surface area contributed by atoms with Crippen LogP contribution in [0.2, 0.25) is 0 Å². The summed E-state index contributed by atoms with van der Waals surface area (Å²) in [5, 5.41) is 2.82. The Kier molecular flexibility index (Phi) is 9.43. The molecule has 2 rings (SSSR count). The molecule has 0 radical (unpaired) electrons.